The predicted octanol–water partition coefficient (Wildman–Crippen LogP) is 1.35. The minimum atomic E-state index is -0.260. The second-order valence-electron chi connectivity index (χ2n) is 5.58. The first-order chi connectivity index (χ1) is 11.6. The lowest BCUT2D eigenvalue weighted by atomic mass is 10.3. The van der Waals surface area contributed by atoms with Gasteiger partial charge >= 0.3 is 6.03 Å². The quantitative estimate of drug-likeness (QED) is 0.558. The number of nitrogens with one attached hydrogen (secondary N) is 3. The number of hydrazine groups is 1. The van der Waals surface area contributed by atoms with Gasteiger partial charge in [-0.15, -0.1) is 0 Å². The first kappa shape index (κ1) is 16.6. The van der Waals surface area contributed by atoms with E-state index in [1.54, 1.807) is 16.8 Å². The summed E-state index contributed by atoms with van der Waals surface area (Å²) in [6.07, 6.45) is 2.41. The van der Waals surface area contributed by atoms with E-state index >= 15 is 0 Å². The number of aromatic nitrogens is 4. The van der Waals surface area contributed by atoms with E-state index in [0.717, 1.165) is 18.8 Å². The van der Waals surface area contributed by atoms with Crippen molar-refractivity contribution in [1.29, 1.82) is 0 Å². The molecule has 1 saturated heterocycles. The lowest BCUT2D eigenvalue weighted by molar-refractivity contribution is 0.0204. The van der Waals surface area contributed by atoms with Crippen molar-refractivity contribution < 1.29 is 4.79 Å². The number of benzene rings is 1. The topological polar surface area (TPSA) is 94.1 Å². The molecule has 24 heavy (non-hydrogen) atoms. The van der Waals surface area contributed by atoms with Crippen LogP contribution in [0.2, 0.25) is 0 Å². The molecule has 2 heterocycles. The fraction of sp³-hybridized carbons (Fsp3) is 0.429. The van der Waals surface area contributed by atoms with Gasteiger partial charge in [0, 0.05) is 25.8 Å². The lowest BCUT2D eigenvalue weighted by Crippen LogP contribution is -2.45. The van der Waals surface area contributed by atoms with Crippen molar-refractivity contribution in [2.24, 2.45) is 0 Å². The van der Waals surface area contributed by atoms with Crippen LogP contribution in [0.15, 0.2) is 24.3 Å². The van der Waals surface area contributed by atoms with Gasteiger partial charge in [0.2, 0.25) is 4.77 Å². The Morgan fingerprint density at radius 2 is 2.21 bits per heavy atom. The molecule has 0 atom stereocenters. The SMILES string of the molecule is CN(CNC(=O)Nc1cccc(-n2[nH]nnc2=S)c1)N1CCCC1. The van der Waals surface area contributed by atoms with Crippen molar-refractivity contribution in [3.63, 3.8) is 0 Å². The van der Waals surface area contributed by atoms with Gasteiger partial charge in [0.15, 0.2) is 0 Å². The van der Waals surface area contributed by atoms with Gasteiger partial charge in [-0.1, -0.05) is 16.4 Å². The smallest absolute Gasteiger partial charge is 0.320 e. The summed E-state index contributed by atoms with van der Waals surface area (Å²) >= 11 is 5.07. The molecule has 1 aromatic carbocycles. The highest BCUT2D eigenvalue weighted by molar-refractivity contribution is 7.71. The number of amides is 2. The zero-order valence-electron chi connectivity index (χ0n) is 13.4. The van der Waals surface area contributed by atoms with E-state index in [4.69, 9.17) is 12.2 Å². The molecule has 3 rings (SSSR count). The highest BCUT2D eigenvalue weighted by atomic mass is 32.1. The number of H-pyrrole nitrogens is 1. The highest BCUT2D eigenvalue weighted by Crippen LogP contribution is 2.14. The predicted molar refractivity (Wildman–Crippen MR) is 92.1 cm³/mol. The number of hydrogen-bond donors (Lipinski definition) is 3. The van der Waals surface area contributed by atoms with Crippen LogP contribution in [0.25, 0.3) is 5.69 Å². The number of carbonyl (C=O) groups excluding carboxylic acids is 1. The van der Waals surface area contributed by atoms with Gasteiger partial charge in [0.1, 0.15) is 0 Å². The fourth-order valence-electron chi connectivity index (χ4n) is 2.59. The summed E-state index contributed by atoms with van der Waals surface area (Å²) in [6.45, 7) is 2.54. The summed E-state index contributed by atoms with van der Waals surface area (Å²) in [6, 6.07) is 7.01. The summed E-state index contributed by atoms with van der Waals surface area (Å²) in [5.74, 6) is 0. The van der Waals surface area contributed by atoms with Gasteiger partial charge in [0.05, 0.1) is 12.4 Å². The van der Waals surface area contributed by atoms with Gasteiger partial charge in [-0.3, -0.25) is 0 Å². The molecule has 128 valence electrons. The van der Waals surface area contributed by atoms with Crippen molar-refractivity contribution in [3.05, 3.63) is 29.0 Å². The number of rotatable bonds is 5. The first-order valence-corrected chi connectivity index (χ1v) is 8.16. The Labute approximate surface area is 144 Å². The molecule has 0 aliphatic carbocycles. The summed E-state index contributed by atoms with van der Waals surface area (Å²) in [4.78, 5) is 12.1. The van der Waals surface area contributed by atoms with Crippen molar-refractivity contribution >= 4 is 23.9 Å². The maximum Gasteiger partial charge on any atom is 0.320 e. The largest absolute Gasteiger partial charge is 0.324 e. The molecule has 0 unspecified atom stereocenters. The monoisotopic (exact) mass is 348 g/mol. The maximum absolute atomic E-state index is 12.1. The van der Waals surface area contributed by atoms with Crippen molar-refractivity contribution in [2.75, 3.05) is 32.1 Å². The number of aromatic amines is 1. The molecule has 0 saturated carbocycles. The molecule has 0 bridgehead atoms. The molecule has 2 amide bonds. The molecular formula is C14H20N8OS. The Kier molecular flexibility index (Phi) is 5.18. The molecule has 1 fully saturated rings. The molecule has 1 aliphatic rings. The van der Waals surface area contributed by atoms with E-state index in [9.17, 15) is 4.79 Å². The van der Waals surface area contributed by atoms with Crippen LogP contribution in [0, 0.1) is 4.77 Å². The number of nitrogens with zero attached hydrogens (tertiary/aromatic N) is 5. The van der Waals surface area contributed by atoms with E-state index in [2.05, 4.69) is 31.2 Å². The average molecular weight is 348 g/mol. The van der Waals surface area contributed by atoms with Crippen LogP contribution in [0.1, 0.15) is 12.8 Å². The molecule has 3 N–H and O–H groups in total. The molecule has 10 heteroatoms. The highest BCUT2D eigenvalue weighted by Gasteiger charge is 2.16. The van der Waals surface area contributed by atoms with Crippen LogP contribution in [0.5, 0.6) is 0 Å². The van der Waals surface area contributed by atoms with E-state index in [1.165, 1.54) is 12.8 Å². The summed E-state index contributed by atoms with van der Waals surface area (Å²) in [5, 5.41) is 20.0. The molecule has 1 aromatic heterocycles. The average Bonchev–Trinajstić information content (AvgIpc) is 3.24. The normalized spacial score (nSPS) is 14.9. The van der Waals surface area contributed by atoms with E-state index < -0.39 is 0 Å². The van der Waals surface area contributed by atoms with Crippen LogP contribution in [-0.4, -0.2) is 63.1 Å². The third-order valence-corrected chi connectivity index (χ3v) is 4.13. The van der Waals surface area contributed by atoms with Crippen LogP contribution < -0.4 is 10.6 Å². The van der Waals surface area contributed by atoms with Crippen molar-refractivity contribution in [3.8, 4) is 5.69 Å². The summed E-state index contributed by atoms with van der Waals surface area (Å²) in [7, 11) is 1.97. The number of hydrogen-bond acceptors (Lipinski definition) is 6. The van der Waals surface area contributed by atoms with Crippen molar-refractivity contribution in [2.45, 2.75) is 12.8 Å². The van der Waals surface area contributed by atoms with Crippen LogP contribution in [-0.2, 0) is 0 Å². The summed E-state index contributed by atoms with van der Waals surface area (Å²) in [5.41, 5.74) is 1.40. The molecule has 0 spiro atoms. The van der Waals surface area contributed by atoms with Crippen LogP contribution in [0.3, 0.4) is 0 Å². The van der Waals surface area contributed by atoms with Gasteiger partial charge in [-0.25, -0.2) is 19.5 Å². The molecule has 1 aliphatic heterocycles. The Morgan fingerprint density at radius 3 is 2.92 bits per heavy atom. The Hall–Kier alpha value is -2.30. The summed E-state index contributed by atoms with van der Waals surface area (Å²) < 4.78 is 1.88. The van der Waals surface area contributed by atoms with Gasteiger partial charge in [-0.2, -0.15) is 5.21 Å². The van der Waals surface area contributed by atoms with Crippen LogP contribution >= 0.6 is 12.2 Å². The first-order valence-electron chi connectivity index (χ1n) is 7.75. The second kappa shape index (κ2) is 7.51. The number of urea groups is 1. The van der Waals surface area contributed by atoms with Gasteiger partial charge in [-0.05, 0) is 43.3 Å². The van der Waals surface area contributed by atoms with E-state index in [1.807, 2.05) is 24.2 Å². The third kappa shape index (κ3) is 3.96. The second-order valence-corrected chi connectivity index (χ2v) is 5.94. The van der Waals surface area contributed by atoms with E-state index in [-0.39, 0.29) is 6.03 Å². The molecular weight excluding hydrogens is 328 g/mol. The van der Waals surface area contributed by atoms with Gasteiger partial charge in [0.25, 0.3) is 0 Å². The number of tetrazole rings is 1. The number of carbonyl (C=O) groups is 1. The fourth-order valence-corrected chi connectivity index (χ4v) is 2.78. The molecule has 2 aromatic rings. The number of anilines is 1. The standard InChI is InChI=1S/C14H20N8OS/c1-20(21-7-2-3-8-21)10-15-13(23)16-11-5-4-6-12(9-11)22-14(24)17-18-19-22/h4-6,9H,2-3,7-8,10H2,1H3,(H2,15,16,23)(H,17,19,24). The molecule has 0 radical (unpaired) electrons. The molecule has 9 nitrogen and oxygen atoms in total. The minimum Gasteiger partial charge on any atom is -0.324 e. The van der Waals surface area contributed by atoms with Crippen molar-refractivity contribution in [1.82, 2.24) is 35.5 Å². The Balaban J connectivity index is 1.56. The van der Waals surface area contributed by atoms with Crippen LogP contribution in [0.4, 0.5) is 10.5 Å². The lowest BCUT2D eigenvalue weighted by Gasteiger charge is -2.27. The minimum absolute atomic E-state index is 0.260. The van der Waals surface area contributed by atoms with E-state index in [0.29, 0.717) is 17.1 Å². The zero-order chi connectivity index (χ0) is 16.9. The maximum atomic E-state index is 12.1. The Bertz CT molecular complexity index is 751. The van der Waals surface area contributed by atoms with Gasteiger partial charge < -0.3 is 10.6 Å². The third-order valence-electron chi connectivity index (χ3n) is 3.87. The zero-order valence-corrected chi connectivity index (χ0v) is 14.2. The Morgan fingerprint density at radius 1 is 1.42 bits per heavy atom.